The van der Waals surface area contributed by atoms with Gasteiger partial charge >= 0.3 is 6.18 Å². The van der Waals surface area contributed by atoms with Gasteiger partial charge in [-0.2, -0.15) is 13.2 Å². The molecule has 0 bridgehead atoms. The molecule has 124 valence electrons. The van der Waals surface area contributed by atoms with E-state index in [4.69, 9.17) is 5.73 Å². The summed E-state index contributed by atoms with van der Waals surface area (Å²) >= 11 is 0. The van der Waals surface area contributed by atoms with Crippen LogP contribution in [-0.2, 0) is 15.8 Å². The number of nitrogens with zero attached hydrogens (tertiary/aromatic N) is 1. The molecule has 23 heavy (non-hydrogen) atoms. The highest BCUT2D eigenvalue weighted by Gasteiger charge is 2.30. The summed E-state index contributed by atoms with van der Waals surface area (Å²) in [6, 6.07) is 4.73. The lowest BCUT2D eigenvalue weighted by Crippen LogP contribution is -2.43. The van der Waals surface area contributed by atoms with Crippen molar-refractivity contribution in [1.29, 1.82) is 0 Å². The van der Waals surface area contributed by atoms with Crippen LogP contribution in [0.5, 0.6) is 0 Å². The third kappa shape index (κ3) is 4.58. The zero-order chi connectivity index (χ0) is 17.0. The molecule has 0 radical (unpaired) electrons. The van der Waals surface area contributed by atoms with Gasteiger partial charge in [-0.25, -0.2) is 0 Å². The smallest absolute Gasteiger partial charge is 0.369 e. The van der Waals surface area contributed by atoms with Crippen molar-refractivity contribution in [2.24, 2.45) is 11.7 Å². The fourth-order valence-corrected chi connectivity index (χ4v) is 2.50. The number of rotatable bonds is 3. The van der Waals surface area contributed by atoms with Gasteiger partial charge in [-0.15, -0.1) is 0 Å². The number of alkyl halides is 3. The molecule has 1 unspecified atom stereocenters. The summed E-state index contributed by atoms with van der Waals surface area (Å²) in [6.45, 7) is 0.761. The van der Waals surface area contributed by atoms with Gasteiger partial charge in [0.15, 0.2) is 0 Å². The van der Waals surface area contributed by atoms with E-state index in [-0.39, 0.29) is 23.9 Å². The largest absolute Gasteiger partial charge is 0.416 e. The maximum atomic E-state index is 12.6. The van der Waals surface area contributed by atoms with Crippen LogP contribution in [0.2, 0.25) is 0 Å². The monoisotopic (exact) mass is 326 g/mol. The van der Waals surface area contributed by atoms with Crippen LogP contribution < -0.4 is 5.73 Å². The molecule has 1 saturated heterocycles. The highest BCUT2D eigenvalue weighted by Crippen LogP contribution is 2.29. The van der Waals surface area contributed by atoms with Crippen molar-refractivity contribution in [1.82, 2.24) is 4.90 Å². The minimum Gasteiger partial charge on any atom is -0.369 e. The molecule has 1 fully saturated rings. The van der Waals surface area contributed by atoms with Crippen LogP contribution in [0.15, 0.2) is 30.3 Å². The van der Waals surface area contributed by atoms with E-state index in [9.17, 15) is 22.8 Å². The summed E-state index contributed by atoms with van der Waals surface area (Å²) in [7, 11) is 0. The second kappa shape index (κ2) is 6.85. The Morgan fingerprint density at radius 3 is 2.70 bits per heavy atom. The fourth-order valence-electron chi connectivity index (χ4n) is 2.50. The van der Waals surface area contributed by atoms with Crippen molar-refractivity contribution >= 4 is 17.9 Å². The standard InChI is InChI=1S/C16H17F3N2O2/c17-16(18,19)13-5-1-3-11(9-13)6-7-14(22)21-8-2-4-12(10-21)15(20)23/h1,3,5-7,9,12H,2,4,8,10H2,(H2,20,23)/b7-6+. The van der Waals surface area contributed by atoms with E-state index in [0.717, 1.165) is 12.1 Å². The quantitative estimate of drug-likeness (QED) is 0.867. The van der Waals surface area contributed by atoms with E-state index in [1.54, 1.807) is 0 Å². The number of halogens is 3. The lowest BCUT2D eigenvalue weighted by molar-refractivity contribution is -0.137. The minimum atomic E-state index is -4.42. The molecule has 2 amide bonds. The summed E-state index contributed by atoms with van der Waals surface area (Å²) in [6.07, 6.45) is -0.535. The maximum absolute atomic E-state index is 12.6. The zero-order valence-corrected chi connectivity index (χ0v) is 12.3. The number of carbonyl (C=O) groups excluding carboxylic acids is 2. The van der Waals surface area contributed by atoms with Crippen molar-refractivity contribution in [2.45, 2.75) is 19.0 Å². The van der Waals surface area contributed by atoms with Gasteiger partial charge in [-0.1, -0.05) is 12.1 Å². The van der Waals surface area contributed by atoms with E-state index in [1.807, 2.05) is 0 Å². The molecular weight excluding hydrogens is 309 g/mol. The Bertz CT molecular complexity index is 626. The van der Waals surface area contributed by atoms with Crippen molar-refractivity contribution < 1.29 is 22.8 Å². The third-order valence-electron chi connectivity index (χ3n) is 3.77. The topological polar surface area (TPSA) is 63.4 Å². The molecule has 0 spiro atoms. The second-order valence-corrected chi connectivity index (χ2v) is 5.48. The molecule has 0 aliphatic carbocycles. The molecular formula is C16H17F3N2O2. The van der Waals surface area contributed by atoms with E-state index in [1.165, 1.54) is 29.2 Å². The third-order valence-corrected chi connectivity index (χ3v) is 3.77. The number of nitrogens with two attached hydrogens (primary N) is 1. The van der Waals surface area contributed by atoms with Gasteiger partial charge in [0.05, 0.1) is 11.5 Å². The Hall–Kier alpha value is -2.31. The molecule has 1 aliphatic rings. The molecule has 1 atom stereocenters. The Balaban J connectivity index is 2.05. The first-order valence-electron chi connectivity index (χ1n) is 7.21. The maximum Gasteiger partial charge on any atom is 0.416 e. The highest BCUT2D eigenvalue weighted by molar-refractivity contribution is 5.92. The van der Waals surface area contributed by atoms with E-state index in [2.05, 4.69) is 0 Å². The summed E-state index contributed by atoms with van der Waals surface area (Å²) < 4.78 is 37.9. The van der Waals surface area contributed by atoms with E-state index < -0.39 is 17.6 Å². The Morgan fingerprint density at radius 2 is 2.04 bits per heavy atom. The SMILES string of the molecule is NC(=O)C1CCCN(C(=O)/C=C/c2cccc(C(F)(F)F)c2)C1. The average Bonchev–Trinajstić information content (AvgIpc) is 2.52. The summed E-state index contributed by atoms with van der Waals surface area (Å²) in [5.74, 6) is -1.15. The molecule has 4 nitrogen and oxygen atoms in total. The van der Waals surface area contributed by atoms with Gasteiger partial charge in [0.25, 0.3) is 0 Å². The van der Waals surface area contributed by atoms with Gasteiger partial charge < -0.3 is 10.6 Å². The normalized spacial score (nSPS) is 19.1. The van der Waals surface area contributed by atoms with Gasteiger partial charge in [0, 0.05) is 19.2 Å². The summed E-state index contributed by atoms with van der Waals surface area (Å²) in [5.41, 5.74) is 4.77. The number of benzene rings is 1. The Labute approximate surface area is 131 Å². The molecule has 2 N–H and O–H groups in total. The van der Waals surface area contributed by atoms with Crippen LogP contribution in [0.25, 0.3) is 6.08 Å². The molecule has 2 rings (SSSR count). The zero-order valence-electron chi connectivity index (χ0n) is 12.3. The number of hydrogen-bond acceptors (Lipinski definition) is 2. The van der Waals surface area contributed by atoms with Crippen molar-refractivity contribution in [3.05, 3.63) is 41.5 Å². The molecule has 1 aliphatic heterocycles. The second-order valence-electron chi connectivity index (χ2n) is 5.48. The van der Waals surface area contributed by atoms with Gasteiger partial charge in [0.1, 0.15) is 0 Å². The van der Waals surface area contributed by atoms with Crippen LogP contribution in [0.1, 0.15) is 24.0 Å². The lowest BCUT2D eigenvalue weighted by atomic mass is 9.97. The minimum absolute atomic E-state index is 0.251. The molecule has 1 aromatic rings. The van der Waals surface area contributed by atoms with Gasteiger partial charge in [-0.3, -0.25) is 9.59 Å². The van der Waals surface area contributed by atoms with Crippen LogP contribution in [0.4, 0.5) is 13.2 Å². The van der Waals surface area contributed by atoms with Crippen LogP contribution in [0, 0.1) is 5.92 Å². The number of piperidine rings is 1. The predicted molar refractivity (Wildman–Crippen MR) is 79.0 cm³/mol. The molecule has 0 saturated carbocycles. The number of primary amides is 1. The van der Waals surface area contributed by atoms with Crippen LogP contribution in [-0.4, -0.2) is 29.8 Å². The number of hydrogen-bond donors (Lipinski definition) is 1. The molecule has 1 aromatic carbocycles. The first-order chi connectivity index (χ1) is 10.8. The number of carbonyl (C=O) groups is 2. The Kier molecular flexibility index (Phi) is 5.08. The molecule has 1 heterocycles. The van der Waals surface area contributed by atoms with Crippen molar-refractivity contribution in [2.75, 3.05) is 13.1 Å². The summed E-state index contributed by atoms with van der Waals surface area (Å²) in [5, 5.41) is 0. The Morgan fingerprint density at radius 1 is 1.30 bits per heavy atom. The van der Waals surface area contributed by atoms with Crippen molar-refractivity contribution in [3.8, 4) is 0 Å². The average molecular weight is 326 g/mol. The fraction of sp³-hybridized carbons (Fsp3) is 0.375. The van der Waals surface area contributed by atoms with E-state index >= 15 is 0 Å². The highest BCUT2D eigenvalue weighted by atomic mass is 19.4. The number of amides is 2. The first-order valence-corrected chi connectivity index (χ1v) is 7.21. The van der Waals surface area contributed by atoms with Gasteiger partial charge in [0.2, 0.25) is 11.8 Å². The van der Waals surface area contributed by atoms with Crippen LogP contribution >= 0.6 is 0 Å². The molecule has 0 aromatic heterocycles. The number of likely N-dealkylation sites (tertiary alicyclic amines) is 1. The van der Waals surface area contributed by atoms with Crippen LogP contribution in [0.3, 0.4) is 0 Å². The van der Waals surface area contributed by atoms with Gasteiger partial charge in [-0.05, 0) is 36.6 Å². The lowest BCUT2D eigenvalue weighted by Gasteiger charge is -2.30. The van der Waals surface area contributed by atoms with Crippen molar-refractivity contribution in [3.63, 3.8) is 0 Å². The predicted octanol–water partition coefficient (Wildman–Crippen LogP) is 2.44. The first kappa shape index (κ1) is 17.1. The van der Waals surface area contributed by atoms with E-state index in [0.29, 0.717) is 19.4 Å². The molecule has 7 heteroatoms. The summed E-state index contributed by atoms with van der Waals surface area (Å²) in [4.78, 5) is 24.8.